The van der Waals surface area contributed by atoms with Crippen molar-refractivity contribution in [1.29, 1.82) is 0 Å². The molecule has 1 amide bonds. The number of benzene rings is 2. The van der Waals surface area contributed by atoms with Crippen molar-refractivity contribution in [3.05, 3.63) is 82.1 Å². The van der Waals surface area contributed by atoms with E-state index in [0.717, 1.165) is 11.3 Å². The number of ether oxygens (including phenoxy) is 1. The summed E-state index contributed by atoms with van der Waals surface area (Å²) in [6.45, 7) is 0. The van der Waals surface area contributed by atoms with Crippen LogP contribution in [0.1, 0.15) is 11.3 Å². The molecule has 1 N–H and O–H groups in total. The number of hydrogen-bond donors (Lipinski definition) is 1. The van der Waals surface area contributed by atoms with Crippen molar-refractivity contribution in [1.82, 2.24) is 5.32 Å². The third kappa shape index (κ3) is 5.03. The van der Waals surface area contributed by atoms with E-state index in [4.69, 9.17) is 9.15 Å². The van der Waals surface area contributed by atoms with Crippen LogP contribution in [0, 0.1) is 10.1 Å². The van der Waals surface area contributed by atoms with Gasteiger partial charge in [0.15, 0.2) is 5.17 Å². The summed E-state index contributed by atoms with van der Waals surface area (Å²) in [7, 11) is 1.61. The molecular weight excluding hydrogens is 432 g/mol. The van der Waals surface area contributed by atoms with Gasteiger partial charge in [0.1, 0.15) is 17.3 Å². The van der Waals surface area contributed by atoms with E-state index in [-0.39, 0.29) is 11.6 Å². The smallest absolute Gasteiger partial charge is 0.269 e. The van der Waals surface area contributed by atoms with Crippen molar-refractivity contribution < 1.29 is 18.9 Å². The Morgan fingerprint density at radius 1 is 1.22 bits per heavy atom. The van der Waals surface area contributed by atoms with Gasteiger partial charge in [-0.2, -0.15) is 5.10 Å². The molecule has 4 rings (SSSR count). The minimum absolute atomic E-state index is 0.00291. The highest BCUT2D eigenvalue weighted by atomic mass is 32.2. The Kier molecular flexibility index (Phi) is 6.31. The van der Waals surface area contributed by atoms with Crippen LogP contribution in [-0.2, 0) is 11.2 Å². The van der Waals surface area contributed by atoms with Crippen LogP contribution in [0.4, 0.5) is 5.69 Å². The number of thioether (sulfide) groups is 1. The van der Waals surface area contributed by atoms with Crippen LogP contribution in [0.2, 0.25) is 0 Å². The SMILES string of the molecule is COc1ccc(-c2ccc(/C=N/N=C3\NC(=O)[C@@H](Cc4cccc([N+](=O)[O-])c4)S3)o2)cc1. The Morgan fingerprint density at radius 3 is 2.78 bits per heavy atom. The largest absolute Gasteiger partial charge is 0.497 e. The quantitative estimate of drug-likeness (QED) is 0.330. The first-order valence-corrected chi connectivity index (χ1v) is 10.5. The highest BCUT2D eigenvalue weighted by Gasteiger charge is 2.30. The van der Waals surface area contributed by atoms with Gasteiger partial charge in [0, 0.05) is 17.7 Å². The van der Waals surface area contributed by atoms with Gasteiger partial charge in [-0.3, -0.25) is 14.9 Å². The summed E-state index contributed by atoms with van der Waals surface area (Å²) < 4.78 is 10.9. The molecule has 9 nitrogen and oxygen atoms in total. The van der Waals surface area contributed by atoms with Crippen LogP contribution in [0.3, 0.4) is 0 Å². The van der Waals surface area contributed by atoms with E-state index in [1.165, 1.54) is 30.1 Å². The summed E-state index contributed by atoms with van der Waals surface area (Å²) in [5.74, 6) is 1.75. The number of non-ortho nitro benzene ring substituents is 1. The van der Waals surface area contributed by atoms with Gasteiger partial charge < -0.3 is 14.5 Å². The first kappa shape index (κ1) is 21.3. The van der Waals surface area contributed by atoms with Crippen LogP contribution in [0.25, 0.3) is 11.3 Å². The minimum atomic E-state index is -0.457. The van der Waals surface area contributed by atoms with Crippen LogP contribution < -0.4 is 10.1 Å². The van der Waals surface area contributed by atoms with E-state index in [1.54, 1.807) is 25.3 Å². The molecule has 0 saturated carbocycles. The average molecular weight is 450 g/mol. The van der Waals surface area contributed by atoms with Gasteiger partial charge in [-0.1, -0.05) is 23.9 Å². The Labute approximate surface area is 187 Å². The molecule has 0 unspecified atom stereocenters. The fourth-order valence-electron chi connectivity index (χ4n) is 3.07. The highest BCUT2D eigenvalue weighted by Crippen LogP contribution is 2.26. The molecule has 1 aromatic heterocycles. The number of nitro groups is 1. The van der Waals surface area contributed by atoms with E-state index in [1.807, 2.05) is 30.3 Å². The van der Waals surface area contributed by atoms with E-state index in [2.05, 4.69) is 15.5 Å². The van der Waals surface area contributed by atoms with E-state index < -0.39 is 10.2 Å². The van der Waals surface area contributed by atoms with Crippen molar-refractivity contribution in [2.24, 2.45) is 10.2 Å². The van der Waals surface area contributed by atoms with Gasteiger partial charge in [0.25, 0.3) is 5.69 Å². The zero-order valence-electron chi connectivity index (χ0n) is 16.9. The summed E-state index contributed by atoms with van der Waals surface area (Å²) in [5.41, 5.74) is 1.61. The normalized spacial score (nSPS) is 17.1. The lowest BCUT2D eigenvalue weighted by Gasteiger charge is -2.04. The lowest BCUT2D eigenvalue weighted by atomic mass is 10.1. The fourth-order valence-corrected chi connectivity index (χ4v) is 4.03. The zero-order chi connectivity index (χ0) is 22.5. The number of hydrogen-bond acceptors (Lipinski definition) is 8. The monoisotopic (exact) mass is 450 g/mol. The maximum atomic E-state index is 12.2. The number of carbonyl (C=O) groups excluding carboxylic acids is 1. The zero-order valence-corrected chi connectivity index (χ0v) is 17.7. The van der Waals surface area contributed by atoms with Gasteiger partial charge in [-0.15, -0.1) is 5.10 Å². The van der Waals surface area contributed by atoms with Crippen molar-refractivity contribution in [2.45, 2.75) is 11.7 Å². The number of furan rings is 1. The second-order valence-corrected chi connectivity index (χ2v) is 8.00. The lowest BCUT2D eigenvalue weighted by molar-refractivity contribution is -0.384. The minimum Gasteiger partial charge on any atom is -0.497 e. The van der Waals surface area contributed by atoms with E-state index >= 15 is 0 Å². The molecule has 162 valence electrons. The first-order chi connectivity index (χ1) is 15.5. The maximum Gasteiger partial charge on any atom is 0.269 e. The molecule has 0 radical (unpaired) electrons. The Balaban J connectivity index is 1.38. The van der Waals surface area contributed by atoms with Crippen molar-refractivity contribution >= 4 is 34.7 Å². The maximum absolute atomic E-state index is 12.2. The number of amidine groups is 1. The molecule has 1 aliphatic rings. The van der Waals surface area contributed by atoms with Crippen LogP contribution in [0.15, 0.2) is 75.3 Å². The highest BCUT2D eigenvalue weighted by molar-refractivity contribution is 8.15. The van der Waals surface area contributed by atoms with Crippen molar-refractivity contribution in [2.75, 3.05) is 7.11 Å². The van der Waals surface area contributed by atoms with E-state index in [9.17, 15) is 14.9 Å². The molecule has 3 aromatic rings. The molecule has 2 heterocycles. The first-order valence-electron chi connectivity index (χ1n) is 9.58. The third-order valence-corrected chi connectivity index (χ3v) is 5.73. The summed E-state index contributed by atoms with van der Waals surface area (Å²) in [4.78, 5) is 22.7. The van der Waals surface area contributed by atoms with Crippen LogP contribution in [0.5, 0.6) is 5.75 Å². The number of amides is 1. The number of nitrogens with one attached hydrogen (secondary N) is 1. The Bertz CT molecular complexity index is 1200. The summed E-state index contributed by atoms with van der Waals surface area (Å²) in [6.07, 6.45) is 1.81. The molecule has 0 spiro atoms. The Hall–Kier alpha value is -3.92. The number of rotatable bonds is 7. The second-order valence-electron chi connectivity index (χ2n) is 6.81. The molecule has 1 atom stereocenters. The molecule has 1 saturated heterocycles. The molecular formula is C22H18N4O5S. The number of nitro benzene ring substituents is 1. The van der Waals surface area contributed by atoms with Gasteiger partial charge in [-0.25, -0.2) is 0 Å². The third-order valence-electron chi connectivity index (χ3n) is 4.65. The van der Waals surface area contributed by atoms with Gasteiger partial charge in [-0.05, 0) is 48.4 Å². The predicted molar refractivity (Wildman–Crippen MR) is 122 cm³/mol. The summed E-state index contributed by atoms with van der Waals surface area (Å²) in [6, 6.07) is 17.3. The fraction of sp³-hybridized carbons (Fsp3) is 0.136. The summed E-state index contributed by atoms with van der Waals surface area (Å²) >= 11 is 1.23. The van der Waals surface area contributed by atoms with Crippen LogP contribution in [-0.4, -0.2) is 34.6 Å². The standard InChI is InChI=1S/C22H18N4O5S/c1-30-17-7-5-15(6-8-17)19-10-9-18(31-19)13-23-25-22-24-21(27)20(32-22)12-14-3-2-4-16(11-14)26(28)29/h2-11,13,20H,12H2,1H3,(H,24,25,27)/b23-13+/t20-/m1/s1. The number of methoxy groups -OCH3 is 1. The van der Waals surface area contributed by atoms with Crippen molar-refractivity contribution in [3.63, 3.8) is 0 Å². The molecule has 10 heteroatoms. The molecule has 32 heavy (non-hydrogen) atoms. The number of carbonyl (C=O) groups is 1. The summed E-state index contributed by atoms with van der Waals surface area (Å²) in [5, 5.41) is 21.6. The number of nitrogens with zero attached hydrogens (tertiary/aromatic N) is 3. The molecule has 1 fully saturated rings. The molecule has 1 aliphatic heterocycles. The van der Waals surface area contributed by atoms with Crippen molar-refractivity contribution in [3.8, 4) is 17.1 Å². The Morgan fingerprint density at radius 2 is 2.03 bits per heavy atom. The predicted octanol–water partition coefficient (Wildman–Crippen LogP) is 4.03. The second kappa shape index (κ2) is 9.48. The van der Waals surface area contributed by atoms with Gasteiger partial charge in [0.05, 0.1) is 23.5 Å². The topological polar surface area (TPSA) is 119 Å². The van der Waals surface area contributed by atoms with E-state index in [0.29, 0.717) is 28.7 Å². The van der Waals surface area contributed by atoms with Gasteiger partial charge in [0.2, 0.25) is 5.91 Å². The molecule has 0 bridgehead atoms. The molecule has 0 aliphatic carbocycles. The molecule has 2 aromatic carbocycles. The lowest BCUT2D eigenvalue weighted by Crippen LogP contribution is -2.25. The van der Waals surface area contributed by atoms with Crippen LogP contribution >= 0.6 is 11.8 Å². The van der Waals surface area contributed by atoms with Gasteiger partial charge >= 0.3 is 0 Å². The average Bonchev–Trinajstić information content (AvgIpc) is 3.41.